The van der Waals surface area contributed by atoms with Crippen LogP contribution in [-0.4, -0.2) is 89.5 Å². The van der Waals surface area contributed by atoms with Crippen molar-refractivity contribution >= 4 is 7.85 Å². The van der Waals surface area contributed by atoms with E-state index in [9.17, 15) is 4.39 Å². The van der Waals surface area contributed by atoms with E-state index in [1.165, 1.54) is 5.57 Å². The minimum Gasteiger partial charge on any atom is -0.377 e. The van der Waals surface area contributed by atoms with Gasteiger partial charge in [-0.25, -0.2) is 8.78 Å². The number of nitrogens with zero attached hydrogens (tertiary/aromatic N) is 1. The second-order valence-electron chi connectivity index (χ2n) is 9.33. The van der Waals surface area contributed by atoms with Crippen LogP contribution in [0.3, 0.4) is 0 Å². The molecule has 3 heterocycles. The summed E-state index contributed by atoms with van der Waals surface area (Å²) >= 11 is 0. The van der Waals surface area contributed by atoms with Gasteiger partial charge >= 0.3 is 0 Å². The van der Waals surface area contributed by atoms with E-state index >= 15 is 4.39 Å². The van der Waals surface area contributed by atoms with Gasteiger partial charge in [-0.2, -0.15) is 0 Å². The average molecular weight is 423 g/mol. The Morgan fingerprint density at radius 3 is 2.90 bits per heavy atom. The van der Waals surface area contributed by atoms with Gasteiger partial charge < -0.3 is 15.0 Å². The summed E-state index contributed by atoms with van der Waals surface area (Å²) in [4.78, 5) is 2.28. The monoisotopic (exact) mass is 423 g/mol. The van der Waals surface area contributed by atoms with Gasteiger partial charge in [-0.15, -0.1) is 0 Å². The Labute approximate surface area is 180 Å². The predicted octanol–water partition coefficient (Wildman–Crippen LogP) is 0.675. The van der Waals surface area contributed by atoms with Gasteiger partial charge in [0.1, 0.15) is 18.6 Å². The molecular weight excluding hydrogens is 387 g/mol. The zero-order valence-electron chi connectivity index (χ0n) is 18.1. The Morgan fingerprint density at radius 1 is 1.30 bits per heavy atom. The van der Waals surface area contributed by atoms with Crippen LogP contribution in [0.5, 0.6) is 0 Å². The van der Waals surface area contributed by atoms with Crippen molar-refractivity contribution in [3.8, 4) is 0 Å². The van der Waals surface area contributed by atoms with Crippen molar-refractivity contribution < 1.29 is 13.5 Å². The molecule has 1 saturated carbocycles. The quantitative estimate of drug-likeness (QED) is 0.386. The molecule has 4 N–H and O–H groups in total. The normalized spacial score (nSPS) is 45.6. The van der Waals surface area contributed by atoms with Crippen molar-refractivity contribution in [1.29, 1.82) is 0 Å². The first-order chi connectivity index (χ1) is 14.5. The molecule has 9 heteroatoms. The van der Waals surface area contributed by atoms with Gasteiger partial charge in [0, 0.05) is 31.2 Å². The van der Waals surface area contributed by atoms with E-state index in [-0.39, 0.29) is 24.4 Å². The molecule has 4 rings (SSSR count). The first kappa shape index (κ1) is 22.6. The highest BCUT2D eigenvalue weighted by molar-refractivity contribution is 6.09. The first-order valence-electron chi connectivity index (χ1n) is 11.4. The van der Waals surface area contributed by atoms with E-state index < -0.39 is 30.8 Å². The summed E-state index contributed by atoms with van der Waals surface area (Å²) in [5, 5.41) is 12.7. The van der Waals surface area contributed by atoms with Crippen LogP contribution in [0.1, 0.15) is 25.7 Å². The molecule has 4 aliphatic rings. The minimum atomic E-state index is -1.15. The zero-order valence-corrected chi connectivity index (χ0v) is 18.1. The third-order valence-corrected chi connectivity index (χ3v) is 7.38. The number of nitrogens with one attached hydrogen (secondary N) is 4. The molecule has 1 aliphatic carbocycles. The minimum absolute atomic E-state index is 0.0305. The number of ether oxygens (including phenoxy) is 1. The highest BCUT2D eigenvalue weighted by Gasteiger charge is 2.50. The molecule has 0 bridgehead atoms. The number of alkyl halides is 2. The van der Waals surface area contributed by atoms with Gasteiger partial charge in [0.2, 0.25) is 0 Å². The summed E-state index contributed by atoms with van der Waals surface area (Å²) in [6.07, 6.45) is 2.92. The Morgan fingerprint density at radius 2 is 2.13 bits per heavy atom. The maximum atomic E-state index is 16.0. The van der Waals surface area contributed by atoms with Crippen molar-refractivity contribution in [2.45, 2.75) is 75.0 Å². The van der Waals surface area contributed by atoms with Gasteiger partial charge in [0.15, 0.2) is 0 Å². The van der Waals surface area contributed by atoms with Crippen LogP contribution < -0.4 is 21.3 Å². The zero-order chi connectivity index (χ0) is 21.3. The lowest BCUT2D eigenvalue weighted by atomic mass is 9.71. The second kappa shape index (κ2) is 9.92. The van der Waals surface area contributed by atoms with E-state index in [0.29, 0.717) is 12.5 Å². The van der Waals surface area contributed by atoms with Crippen LogP contribution in [0.2, 0.25) is 6.32 Å². The topological polar surface area (TPSA) is 60.6 Å². The van der Waals surface area contributed by atoms with Gasteiger partial charge in [-0.1, -0.05) is 18.0 Å². The van der Waals surface area contributed by atoms with Gasteiger partial charge in [-0.3, -0.25) is 16.0 Å². The molecule has 0 amide bonds. The van der Waals surface area contributed by atoms with Crippen molar-refractivity contribution in [3.63, 3.8) is 0 Å². The predicted molar refractivity (Wildman–Crippen MR) is 115 cm³/mol. The molecular formula is C21H36BF2N5O. The van der Waals surface area contributed by atoms with E-state index in [1.807, 2.05) is 0 Å². The molecule has 6 nitrogen and oxygen atoms in total. The summed E-state index contributed by atoms with van der Waals surface area (Å²) in [5.74, 6) is 0.141. The fourth-order valence-electron chi connectivity index (χ4n) is 5.70. The average Bonchev–Trinajstić information content (AvgIpc) is 3.09. The lowest BCUT2D eigenvalue weighted by Crippen LogP contribution is -2.73. The van der Waals surface area contributed by atoms with Crippen molar-refractivity contribution in [2.24, 2.45) is 11.8 Å². The van der Waals surface area contributed by atoms with Crippen molar-refractivity contribution in [1.82, 2.24) is 26.2 Å². The summed E-state index contributed by atoms with van der Waals surface area (Å²) < 4.78 is 36.5. The van der Waals surface area contributed by atoms with Crippen LogP contribution in [0.25, 0.3) is 0 Å². The lowest BCUT2D eigenvalue weighted by molar-refractivity contribution is -0.0281. The number of hydrogen-bond acceptors (Lipinski definition) is 6. The molecule has 0 spiro atoms. The lowest BCUT2D eigenvalue weighted by Gasteiger charge is -2.46. The van der Waals surface area contributed by atoms with Gasteiger partial charge in [-0.05, 0) is 52.2 Å². The molecule has 9 atom stereocenters. The molecule has 3 aliphatic heterocycles. The SMILES string of the molecule is [B]CC1NC(NC2CC3CCOC3C(C3=CCN(C)CCC3)C2F)NC(NC)C1F. The summed E-state index contributed by atoms with van der Waals surface area (Å²) in [7, 11) is 9.58. The Kier molecular flexibility index (Phi) is 7.48. The molecule has 30 heavy (non-hydrogen) atoms. The molecule has 2 radical (unpaired) electrons. The maximum absolute atomic E-state index is 16.0. The molecule has 0 aromatic heterocycles. The van der Waals surface area contributed by atoms with Crippen LogP contribution in [-0.2, 0) is 4.74 Å². The fourth-order valence-corrected chi connectivity index (χ4v) is 5.70. The number of likely N-dealkylation sites (N-methyl/N-ethyl adjacent to an activating group) is 1. The molecule has 3 fully saturated rings. The Bertz CT molecular complexity index is 600. The number of hydrogen-bond donors (Lipinski definition) is 4. The smallest absolute Gasteiger partial charge is 0.143 e. The van der Waals surface area contributed by atoms with Crippen LogP contribution in [0.4, 0.5) is 8.78 Å². The third-order valence-electron chi connectivity index (χ3n) is 7.38. The van der Waals surface area contributed by atoms with Crippen LogP contribution in [0, 0.1) is 11.8 Å². The molecule has 2 saturated heterocycles. The van der Waals surface area contributed by atoms with Crippen LogP contribution in [0.15, 0.2) is 11.6 Å². The van der Waals surface area contributed by atoms with Crippen LogP contribution >= 0.6 is 0 Å². The van der Waals surface area contributed by atoms with E-state index in [4.69, 9.17) is 12.6 Å². The summed E-state index contributed by atoms with van der Waals surface area (Å²) in [6.45, 7) is 2.60. The number of fused-ring (bicyclic) bond motifs is 1. The molecule has 0 aromatic carbocycles. The van der Waals surface area contributed by atoms with Crippen molar-refractivity contribution in [3.05, 3.63) is 11.6 Å². The van der Waals surface area contributed by atoms with Gasteiger partial charge in [0.25, 0.3) is 0 Å². The highest BCUT2D eigenvalue weighted by Crippen LogP contribution is 2.44. The number of halogens is 2. The van der Waals surface area contributed by atoms with Gasteiger partial charge in [0.05, 0.1) is 20.1 Å². The maximum Gasteiger partial charge on any atom is 0.143 e. The summed E-state index contributed by atoms with van der Waals surface area (Å²) in [5.41, 5.74) is 1.21. The molecule has 9 unspecified atom stereocenters. The Balaban J connectivity index is 1.49. The Hall–Kier alpha value is -0.575. The summed E-state index contributed by atoms with van der Waals surface area (Å²) in [6, 6.07) is -0.807. The fraction of sp³-hybridized carbons (Fsp3) is 0.905. The molecule has 0 aromatic rings. The number of rotatable bonds is 5. The second-order valence-corrected chi connectivity index (χ2v) is 9.33. The standard InChI is InChI=1S/C21H36BF2N5O/c1-25-20-18(24)15(11-22)27-21(28-20)26-14-10-13-6-9-30-19(13)16(17(14)23)12-4-3-7-29(2)8-5-12/h5,13-21,25-28H,3-4,6-11H2,1-2H3. The van der Waals surface area contributed by atoms with E-state index in [1.54, 1.807) is 7.05 Å². The van der Waals surface area contributed by atoms with E-state index in [2.05, 4.69) is 39.3 Å². The first-order valence-corrected chi connectivity index (χ1v) is 11.4. The van der Waals surface area contributed by atoms with E-state index in [0.717, 1.165) is 38.8 Å². The highest BCUT2D eigenvalue weighted by atomic mass is 19.1. The molecule has 168 valence electrons. The largest absolute Gasteiger partial charge is 0.377 e. The third kappa shape index (κ3) is 4.61. The van der Waals surface area contributed by atoms with Crippen molar-refractivity contribution in [2.75, 3.05) is 33.8 Å².